The molecule has 8 nitrogen and oxygen atoms in total. The number of fused-ring (bicyclic) bond motifs is 5. The molecule has 0 amide bonds. The Morgan fingerprint density at radius 1 is 1.12 bits per heavy atom. The summed E-state index contributed by atoms with van der Waals surface area (Å²) in [6, 6.07) is 0. The summed E-state index contributed by atoms with van der Waals surface area (Å²) in [4.78, 5) is 38.8. The van der Waals surface area contributed by atoms with Crippen molar-refractivity contribution in [2.24, 2.45) is 29.1 Å². The molecule has 0 saturated heterocycles. The lowest BCUT2D eigenvalue weighted by Gasteiger charge is -2.53. The van der Waals surface area contributed by atoms with Crippen LogP contribution in [0.5, 0.6) is 0 Å². The van der Waals surface area contributed by atoms with Crippen LogP contribution < -0.4 is 0 Å². The summed E-state index contributed by atoms with van der Waals surface area (Å²) < 4.78 is 12.1. The number of rotatable bonds is 9. The Morgan fingerprint density at radius 2 is 1.80 bits per heavy atom. The molecule has 4 rings (SSSR count). The molecule has 3 N–H and O–H groups in total. The molecular weight excluding hydrogens is 512 g/mol. The van der Waals surface area contributed by atoms with Gasteiger partial charge in [-0.15, -0.1) is 0 Å². The first-order valence-corrected chi connectivity index (χ1v) is 14.4. The average molecular weight is 557 g/mol. The number of carbonyl (C=O) groups excluding carboxylic acids is 3. The van der Waals surface area contributed by atoms with Gasteiger partial charge in [-0.3, -0.25) is 14.4 Å². The second-order valence-corrected chi connectivity index (χ2v) is 12.6. The van der Waals surface area contributed by atoms with Gasteiger partial charge in [0, 0.05) is 48.9 Å². The van der Waals surface area contributed by atoms with E-state index in [2.05, 4.69) is 19.1 Å². The minimum atomic E-state index is -1.94. The molecule has 220 valence electrons. The van der Waals surface area contributed by atoms with Gasteiger partial charge in [0.2, 0.25) is 0 Å². The summed E-state index contributed by atoms with van der Waals surface area (Å²) in [5.74, 6) is -4.48. The average Bonchev–Trinajstić information content (AvgIpc) is 3.31. The van der Waals surface area contributed by atoms with E-state index in [-0.39, 0.29) is 12.8 Å². The van der Waals surface area contributed by atoms with Crippen molar-refractivity contribution in [3.05, 3.63) is 47.6 Å². The molecule has 8 atom stereocenters. The first-order chi connectivity index (χ1) is 18.7. The van der Waals surface area contributed by atoms with Gasteiger partial charge in [0.15, 0.2) is 11.4 Å². The first kappa shape index (κ1) is 30.4. The number of hydrogen-bond donors (Lipinski definition) is 3. The molecule has 0 aromatic rings. The Kier molecular flexibility index (Phi) is 8.13. The van der Waals surface area contributed by atoms with Crippen LogP contribution in [0.15, 0.2) is 47.6 Å². The van der Waals surface area contributed by atoms with E-state index >= 15 is 0 Å². The summed E-state index contributed by atoms with van der Waals surface area (Å²) in [5.41, 5.74) is -4.81. The number of Topliss-reactive ketones (excluding diaryl/α,β-unsaturated/α-hetero) is 1. The maximum absolute atomic E-state index is 13.2. The molecule has 0 aromatic carbocycles. The highest BCUT2D eigenvalue weighted by atomic mass is 16.6. The fourth-order valence-electron chi connectivity index (χ4n) is 8.02. The van der Waals surface area contributed by atoms with Crippen LogP contribution in [-0.2, 0) is 23.9 Å². The van der Waals surface area contributed by atoms with Gasteiger partial charge in [0.1, 0.15) is 11.7 Å². The van der Waals surface area contributed by atoms with Crippen molar-refractivity contribution >= 4 is 17.7 Å². The Hall–Kier alpha value is -2.55. The number of aliphatic hydroxyl groups is 3. The minimum absolute atomic E-state index is 0.111. The van der Waals surface area contributed by atoms with Gasteiger partial charge in [-0.1, -0.05) is 64.2 Å². The highest BCUT2D eigenvalue weighted by Crippen LogP contribution is 2.77. The summed E-state index contributed by atoms with van der Waals surface area (Å²) in [5, 5.41) is 34.6. The number of esters is 2. The molecule has 8 heteroatoms. The topological polar surface area (TPSA) is 130 Å². The van der Waals surface area contributed by atoms with Crippen LogP contribution in [0.2, 0.25) is 0 Å². The van der Waals surface area contributed by atoms with E-state index in [1.807, 2.05) is 26.0 Å². The van der Waals surface area contributed by atoms with Gasteiger partial charge in [-0.05, 0) is 37.3 Å². The predicted molar refractivity (Wildman–Crippen MR) is 149 cm³/mol. The van der Waals surface area contributed by atoms with Crippen LogP contribution in [0, 0.1) is 29.1 Å². The molecule has 0 unspecified atom stereocenters. The van der Waals surface area contributed by atoms with Crippen molar-refractivity contribution in [3.63, 3.8) is 0 Å². The fraction of sp³-hybridized carbons (Fsp3) is 0.656. The highest BCUT2D eigenvalue weighted by Gasteiger charge is 2.87. The van der Waals surface area contributed by atoms with Gasteiger partial charge in [-0.2, -0.15) is 0 Å². The zero-order valence-electron chi connectivity index (χ0n) is 24.5. The van der Waals surface area contributed by atoms with Crippen LogP contribution in [0.1, 0.15) is 73.6 Å². The number of allylic oxidation sites excluding steroid dienone is 4. The number of ketones is 1. The fourth-order valence-corrected chi connectivity index (χ4v) is 8.02. The summed E-state index contributed by atoms with van der Waals surface area (Å²) in [7, 11) is 0. The van der Waals surface area contributed by atoms with E-state index in [0.717, 1.165) is 12.8 Å². The third-order valence-corrected chi connectivity index (χ3v) is 9.89. The van der Waals surface area contributed by atoms with Crippen molar-refractivity contribution in [3.8, 4) is 0 Å². The molecular formula is C32H44O8. The van der Waals surface area contributed by atoms with Crippen molar-refractivity contribution in [1.29, 1.82) is 0 Å². The number of carbonyl (C=O) groups is 3. The largest absolute Gasteiger partial charge is 0.458 e. The maximum atomic E-state index is 13.2. The van der Waals surface area contributed by atoms with Gasteiger partial charge >= 0.3 is 11.9 Å². The van der Waals surface area contributed by atoms with E-state index in [1.165, 1.54) is 6.92 Å². The van der Waals surface area contributed by atoms with Gasteiger partial charge in [0.05, 0.1) is 12.2 Å². The second-order valence-electron chi connectivity index (χ2n) is 12.6. The molecule has 40 heavy (non-hydrogen) atoms. The summed E-state index contributed by atoms with van der Waals surface area (Å²) in [6.45, 7) is 10.1. The van der Waals surface area contributed by atoms with Crippen LogP contribution in [0.3, 0.4) is 0 Å². The van der Waals surface area contributed by atoms with E-state index < -0.39 is 76.3 Å². The SMILES string of the molecule is CC/C=C\C/C=C\CCC(=O)O[C@@H]1[C@@H](C)[C@@]2(O)[C@@H](C=C(CO)C[C@]3(O)C(=O)C(C)=C[C@@H]23)[C@@H]2C(C)(C)[C@]12OC(C)=O. The van der Waals surface area contributed by atoms with E-state index in [9.17, 15) is 29.7 Å². The van der Waals surface area contributed by atoms with E-state index in [1.54, 1.807) is 26.0 Å². The van der Waals surface area contributed by atoms with E-state index in [0.29, 0.717) is 17.6 Å². The molecule has 2 saturated carbocycles. The van der Waals surface area contributed by atoms with Crippen molar-refractivity contribution in [1.82, 2.24) is 0 Å². The smallest absolute Gasteiger partial charge is 0.306 e. The number of hydrogen-bond acceptors (Lipinski definition) is 8. The zero-order chi connectivity index (χ0) is 29.7. The molecule has 0 bridgehead atoms. The van der Waals surface area contributed by atoms with Crippen LogP contribution in [-0.4, -0.2) is 62.6 Å². The van der Waals surface area contributed by atoms with Crippen molar-refractivity contribution in [2.45, 2.75) is 96.6 Å². The number of ether oxygens (including phenoxy) is 2. The summed E-state index contributed by atoms with van der Waals surface area (Å²) >= 11 is 0. The van der Waals surface area contributed by atoms with Gasteiger partial charge in [0.25, 0.3) is 0 Å². The Balaban J connectivity index is 1.73. The molecule has 0 heterocycles. The third kappa shape index (κ3) is 4.43. The Bertz CT molecular complexity index is 1180. The summed E-state index contributed by atoms with van der Waals surface area (Å²) in [6.07, 6.45) is 12.6. The molecule has 0 radical (unpaired) electrons. The van der Waals surface area contributed by atoms with Gasteiger partial charge < -0.3 is 24.8 Å². The van der Waals surface area contributed by atoms with Crippen LogP contribution in [0.25, 0.3) is 0 Å². The van der Waals surface area contributed by atoms with Crippen LogP contribution in [0.4, 0.5) is 0 Å². The lowest BCUT2D eigenvalue weighted by Crippen LogP contribution is -2.66. The standard InChI is InChI=1S/C32H44O8/c1-7-8-9-10-11-12-13-14-25(35)39-28-20(3)31(38)23(26-29(5,6)32(26,28)40-21(4)34)16-22(18-33)17-30(37)24(31)15-19(2)27(30)36/h8-9,11-12,15-16,20,23-24,26,28,33,37-38H,7,10,13-14,17-18H2,1-6H3/b9-8-,12-11-/t20-,23+,24-,26-,28-,30-,31-,32-/m1/s1. The lowest BCUT2D eigenvalue weighted by molar-refractivity contribution is -0.228. The van der Waals surface area contributed by atoms with E-state index in [4.69, 9.17) is 9.47 Å². The monoisotopic (exact) mass is 556 g/mol. The Morgan fingerprint density at radius 3 is 2.42 bits per heavy atom. The minimum Gasteiger partial charge on any atom is -0.458 e. The van der Waals surface area contributed by atoms with Crippen molar-refractivity contribution < 1.29 is 39.2 Å². The second kappa shape index (κ2) is 10.7. The zero-order valence-corrected chi connectivity index (χ0v) is 24.5. The molecule has 2 fully saturated rings. The normalized spacial score (nSPS) is 39.6. The van der Waals surface area contributed by atoms with Crippen molar-refractivity contribution in [2.75, 3.05) is 6.61 Å². The molecule has 0 spiro atoms. The predicted octanol–water partition coefficient (Wildman–Crippen LogP) is 3.74. The molecule has 0 aliphatic heterocycles. The highest BCUT2D eigenvalue weighted by molar-refractivity contribution is 6.04. The molecule has 0 aromatic heterocycles. The molecule has 4 aliphatic carbocycles. The van der Waals surface area contributed by atoms with Crippen LogP contribution >= 0.6 is 0 Å². The lowest BCUT2D eigenvalue weighted by atomic mass is 9.59. The Labute approximate surface area is 236 Å². The third-order valence-electron chi connectivity index (χ3n) is 9.89. The van der Waals surface area contributed by atoms with Gasteiger partial charge in [-0.25, -0.2) is 0 Å². The quantitative estimate of drug-likeness (QED) is 0.289. The first-order valence-electron chi connectivity index (χ1n) is 14.4. The number of aliphatic hydroxyl groups excluding tert-OH is 1. The molecule has 4 aliphatic rings. The maximum Gasteiger partial charge on any atom is 0.306 e.